The fourth-order valence-electron chi connectivity index (χ4n) is 5.24. The van der Waals surface area contributed by atoms with Crippen LogP contribution in [0.25, 0.3) is 44.8 Å². The first-order valence-electron chi connectivity index (χ1n) is 11.8. The van der Waals surface area contributed by atoms with Crippen LogP contribution in [0, 0.1) is 5.82 Å². The molecule has 5 aromatic rings. The fraction of sp³-hybridized carbons (Fsp3) is 0.207. The van der Waals surface area contributed by atoms with Crippen LogP contribution >= 0.6 is 0 Å². The minimum Gasteiger partial charge on any atom is -0.358 e. The zero-order chi connectivity index (χ0) is 22.2. The van der Waals surface area contributed by atoms with E-state index in [1.54, 1.807) is 0 Å². The second kappa shape index (κ2) is 8.36. The van der Waals surface area contributed by atoms with Gasteiger partial charge in [-0.2, -0.15) is 0 Å². The smallest absolute Gasteiger partial charge is 0.140 e. The summed E-state index contributed by atoms with van der Waals surface area (Å²) in [5.74, 6) is 1.14. The second-order valence-corrected chi connectivity index (χ2v) is 8.98. The quantitative estimate of drug-likeness (QED) is 0.294. The molecule has 2 heterocycles. The molecule has 1 aliphatic rings. The zero-order valence-electron chi connectivity index (χ0n) is 18.4. The van der Waals surface area contributed by atoms with Crippen molar-refractivity contribution in [2.24, 2.45) is 0 Å². The topological polar surface area (TPSA) is 44.5 Å². The molecule has 2 N–H and O–H groups in total. The van der Waals surface area contributed by atoms with Gasteiger partial charge in [0.15, 0.2) is 0 Å². The molecular formula is C29H26FN3. The van der Waals surface area contributed by atoms with Crippen LogP contribution in [0.3, 0.4) is 0 Å². The second-order valence-electron chi connectivity index (χ2n) is 8.98. The summed E-state index contributed by atoms with van der Waals surface area (Å²) in [7, 11) is 0. The number of halogens is 1. The summed E-state index contributed by atoms with van der Waals surface area (Å²) < 4.78 is 13.7. The lowest BCUT2D eigenvalue weighted by molar-refractivity contribution is 0.439. The van der Waals surface area contributed by atoms with Gasteiger partial charge < -0.3 is 9.97 Å². The summed E-state index contributed by atoms with van der Waals surface area (Å²) >= 11 is 0. The van der Waals surface area contributed by atoms with Gasteiger partial charge in [-0.15, -0.1) is 0 Å². The molecule has 0 atom stereocenters. The van der Waals surface area contributed by atoms with E-state index >= 15 is 0 Å². The Balaban J connectivity index is 1.58. The Kier molecular flexibility index (Phi) is 5.06. The van der Waals surface area contributed by atoms with Crippen molar-refractivity contribution in [2.75, 3.05) is 0 Å². The summed E-state index contributed by atoms with van der Waals surface area (Å²) in [4.78, 5) is 12.5. The lowest BCUT2D eigenvalue weighted by Gasteiger charge is -2.21. The first-order chi connectivity index (χ1) is 16.3. The van der Waals surface area contributed by atoms with Crippen LogP contribution in [-0.4, -0.2) is 15.0 Å². The molecule has 3 aromatic carbocycles. The Hall–Kier alpha value is -3.66. The van der Waals surface area contributed by atoms with Gasteiger partial charge in [0.05, 0.1) is 11.4 Å². The summed E-state index contributed by atoms with van der Waals surface area (Å²) in [5.41, 5.74) is 7.37. The molecule has 1 aliphatic carbocycles. The van der Waals surface area contributed by atoms with E-state index in [2.05, 4.69) is 46.4 Å². The van der Waals surface area contributed by atoms with E-state index in [1.165, 1.54) is 60.9 Å². The van der Waals surface area contributed by atoms with E-state index in [9.17, 15) is 4.39 Å². The monoisotopic (exact) mass is 435 g/mol. The average molecular weight is 436 g/mol. The van der Waals surface area contributed by atoms with Crippen molar-refractivity contribution in [3.8, 4) is 33.9 Å². The van der Waals surface area contributed by atoms with Crippen molar-refractivity contribution in [3.63, 3.8) is 0 Å². The van der Waals surface area contributed by atoms with E-state index in [4.69, 9.17) is 4.98 Å². The van der Waals surface area contributed by atoms with Gasteiger partial charge >= 0.3 is 0 Å². The molecule has 0 unspecified atom stereocenters. The van der Waals surface area contributed by atoms with Crippen LogP contribution in [0.2, 0.25) is 0 Å². The molecule has 0 amide bonds. The lowest BCUT2D eigenvalue weighted by Crippen LogP contribution is -2.06. The number of nitrogens with zero attached hydrogens (tertiary/aromatic N) is 1. The van der Waals surface area contributed by atoms with Gasteiger partial charge in [0.25, 0.3) is 0 Å². The minimum atomic E-state index is -0.240. The number of para-hydroxylation sites is 1. The molecule has 33 heavy (non-hydrogen) atoms. The largest absolute Gasteiger partial charge is 0.358 e. The van der Waals surface area contributed by atoms with Gasteiger partial charge in [-0.1, -0.05) is 67.8 Å². The zero-order valence-corrected chi connectivity index (χ0v) is 18.4. The lowest BCUT2D eigenvalue weighted by atomic mass is 9.85. The number of fused-ring (bicyclic) bond motifs is 1. The van der Waals surface area contributed by atoms with E-state index < -0.39 is 0 Å². The Morgan fingerprint density at radius 3 is 2.24 bits per heavy atom. The molecule has 0 spiro atoms. The van der Waals surface area contributed by atoms with Gasteiger partial charge in [-0.05, 0) is 49.1 Å². The van der Waals surface area contributed by atoms with Crippen LogP contribution in [0.5, 0.6) is 0 Å². The van der Waals surface area contributed by atoms with Crippen LogP contribution in [0.1, 0.15) is 43.7 Å². The van der Waals surface area contributed by atoms with Crippen molar-refractivity contribution in [1.82, 2.24) is 15.0 Å². The summed E-state index contributed by atoms with van der Waals surface area (Å²) in [5, 5.41) is 1.19. The van der Waals surface area contributed by atoms with Gasteiger partial charge in [0.2, 0.25) is 0 Å². The third-order valence-corrected chi connectivity index (χ3v) is 6.87. The van der Waals surface area contributed by atoms with Crippen molar-refractivity contribution >= 4 is 10.9 Å². The fourth-order valence-corrected chi connectivity index (χ4v) is 5.24. The van der Waals surface area contributed by atoms with Crippen molar-refractivity contribution in [1.29, 1.82) is 0 Å². The SMILES string of the molecule is Fc1ccc(-c2[nH]c(-c3c(C4CCCCC4)[nH]c4ccccc34)nc2-c2ccccc2)cc1. The molecule has 1 fully saturated rings. The minimum absolute atomic E-state index is 0.240. The number of benzene rings is 3. The maximum Gasteiger partial charge on any atom is 0.140 e. The number of H-pyrrole nitrogens is 2. The first-order valence-corrected chi connectivity index (χ1v) is 11.8. The van der Waals surface area contributed by atoms with Gasteiger partial charge in [-0.25, -0.2) is 9.37 Å². The van der Waals surface area contributed by atoms with Gasteiger partial charge in [-0.3, -0.25) is 0 Å². The highest BCUT2D eigenvalue weighted by molar-refractivity contribution is 5.97. The Bertz CT molecular complexity index is 1390. The van der Waals surface area contributed by atoms with E-state index in [0.717, 1.165) is 33.9 Å². The highest BCUT2D eigenvalue weighted by Crippen LogP contribution is 2.42. The van der Waals surface area contributed by atoms with Gasteiger partial charge in [0, 0.05) is 33.3 Å². The number of rotatable bonds is 4. The molecule has 0 radical (unpaired) electrons. The van der Waals surface area contributed by atoms with Crippen molar-refractivity contribution in [3.05, 3.63) is 90.4 Å². The molecule has 164 valence electrons. The number of aromatic nitrogens is 3. The van der Waals surface area contributed by atoms with Gasteiger partial charge in [0.1, 0.15) is 11.6 Å². The number of hydrogen-bond acceptors (Lipinski definition) is 1. The van der Waals surface area contributed by atoms with E-state index in [-0.39, 0.29) is 5.82 Å². The molecule has 3 nitrogen and oxygen atoms in total. The average Bonchev–Trinajstić information content (AvgIpc) is 3.48. The predicted octanol–water partition coefficient (Wildman–Crippen LogP) is 8.08. The van der Waals surface area contributed by atoms with Crippen molar-refractivity contribution < 1.29 is 4.39 Å². The highest BCUT2D eigenvalue weighted by Gasteiger charge is 2.26. The van der Waals surface area contributed by atoms with Crippen LogP contribution in [0.15, 0.2) is 78.9 Å². The molecule has 0 saturated heterocycles. The number of imidazole rings is 1. The van der Waals surface area contributed by atoms with E-state index in [1.807, 2.05) is 30.3 Å². The standard InChI is InChI=1S/C29H26FN3/c30-22-17-15-21(16-18-22)28-27(20-11-5-2-6-12-20)32-29(33-28)25-23-13-7-8-14-24(23)31-26(25)19-9-3-1-4-10-19/h2,5-8,11-19,31H,1,3-4,9-10H2,(H,32,33). The molecule has 1 saturated carbocycles. The molecule has 2 aromatic heterocycles. The first kappa shape index (κ1) is 20.0. The summed E-state index contributed by atoms with van der Waals surface area (Å²) in [6, 6.07) is 25.3. The van der Waals surface area contributed by atoms with Crippen molar-refractivity contribution in [2.45, 2.75) is 38.0 Å². The Morgan fingerprint density at radius 2 is 1.45 bits per heavy atom. The molecular weight excluding hydrogens is 409 g/mol. The predicted molar refractivity (Wildman–Crippen MR) is 133 cm³/mol. The van der Waals surface area contributed by atoms with Crippen LogP contribution in [-0.2, 0) is 0 Å². The number of nitrogens with one attached hydrogen (secondary N) is 2. The Morgan fingerprint density at radius 1 is 0.727 bits per heavy atom. The number of aromatic amines is 2. The summed E-state index contributed by atoms with van der Waals surface area (Å²) in [6.07, 6.45) is 6.27. The molecule has 6 rings (SSSR count). The normalized spacial score (nSPS) is 14.7. The Labute approximate surface area is 192 Å². The van der Waals surface area contributed by atoms with Crippen LogP contribution < -0.4 is 0 Å². The third kappa shape index (κ3) is 3.66. The highest BCUT2D eigenvalue weighted by atomic mass is 19.1. The molecule has 0 aliphatic heterocycles. The summed E-state index contributed by atoms with van der Waals surface area (Å²) in [6.45, 7) is 0. The maximum absolute atomic E-state index is 13.7. The number of hydrogen-bond donors (Lipinski definition) is 2. The molecule has 0 bridgehead atoms. The molecule has 4 heteroatoms. The van der Waals surface area contributed by atoms with E-state index in [0.29, 0.717) is 5.92 Å². The van der Waals surface area contributed by atoms with Crippen LogP contribution in [0.4, 0.5) is 4.39 Å². The maximum atomic E-state index is 13.7. The third-order valence-electron chi connectivity index (χ3n) is 6.87.